The topological polar surface area (TPSA) is 104 Å². The maximum Gasteiger partial charge on any atom is 0.282 e. The zero-order chi connectivity index (χ0) is 33.7. The fourth-order valence-electron chi connectivity index (χ4n) is 5.16. The van der Waals surface area contributed by atoms with E-state index in [-0.39, 0.29) is 24.0 Å². The number of aryl methyl sites for hydroxylation is 2. The minimum absolute atomic E-state index is 0.178. The van der Waals surface area contributed by atoms with Gasteiger partial charge in [0.1, 0.15) is 5.75 Å². The standard InChI is InChI=1S/C37H37BrN4O5/c1-7-46-32-16-24(5)28(18-27(32)22(2)3)36-41-31-15-11-9-13-26(31)37(44)42(36)39-20-25-17-33(45-6)34(19-29(25)38)47-21-35(43)40-30-14-10-8-12-23(30)4/h8-20,22H,7,21H2,1-6H3,(H,40,43). The maximum atomic E-state index is 13.9. The summed E-state index contributed by atoms with van der Waals surface area (Å²) in [4.78, 5) is 31.4. The Labute approximate surface area is 282 Å². The number of carbonyl (C=O) groups excluding carboxylic acids is 1. The Kier molecular flexibility index (Phi) is 10.4. The third kappa shape index (κ3) is 7.38. The van der Waals surface area contributed by atoms with Crippen LogP contribution in [0.3, 0.4) is 0 Å². The molecule has 0 atom stereocenters. The molecule has 0 spiro atoms. The molecule has 0 aliphatic heterocycles. The zero-order valence-electron chi connectivity index (χ0n) is 27.3. The number of nitrogens with one attached hydrogen (secondary N) is 1. The molecule has 1 aromatic heterocycles. The van der Waals surface area contributed by atoms with Crippen molar-refractivity contribution in [3.63, 3.8) is 0 Å². The van der Waals surface area contributed by atoms with E-state index in [1.165, 1.54) is 11.8 Å². The molecule has 4 aromatic carbocycles. The van der Waals surface area contributed by atoms with Gasteiger partial charge < -0.3 is 19.5 Å². The Balaban J connectivity index is 1.51. The van der Waals surface area contributed by atoms with Crippen molar-refractivity contribution in [3.05, 3.63) is 110 Å². The maximum absolute atomic E-state index is 13.9. The Morgan fingerprint density at radius 2 is 1.72 bits per heavy atom. The van der Waals surface area contributed by atoms with Gasteiger partial charge in [-0.2, -0.15) is 9.78 Å². The predicted octanol–water partition coefficient (Wildman–Crippen LogP) is 7.87. The number of aromatic nitrogens is 2. The number of halogens is 1. The van der Waals surface area contributed by atoms with E-state index >= 15 is 0 Å². The Hall–Kier alpha value is -4.96. The van der Waals surface area contributed by atoms with Crippen molar-refractivity contribution in [2.24, 2.45) is 5.10 Å². The van der Waals surface area contributed by atoms with Crippen molar-refractivity contribution in [1.82, 2.24) is 9.66 Å². The second kappa shape index (κ2) is 14.6. The monoisotopic (exact) mass is 696 g/mol. The first-order valence-corrected chi connectivity index (χ1v) is 16.1. The van der Waals surface area contributed by atoms with Gasteiger partial charge in [0, 0.05) is 21.3 Å². The summed E-state index contributed by atoms with van der Waals surface area (Å²) in [5, 5.41) is 7.98. The summed E-state index contributed by atoms with van der Waals surface area (Å²) in [7, 11) is 1.52. The number of rotatable bonds is 11. The van der Waals surface area contributed by atoms with E-state index in [0.29, 0.717) is 44.9 Å². The minimum atomic E-state index is -0.302. The lowest BCUT2D eigenvalue weighted by molar-refractivity contribution is -0.118. The summed E-state index contributed by atoms with van der Waals surface area (Å²) in [6.45, 7) is 10.4. The van der Waals surface area contributed by atoms with Crippen molar-refractivity contribution in [3.8, 4) is 28.6 Å². The summed E-state index contributed by atoms with van der Waals surface area (Å²) in [5.41, 5.74) is 5.27. The first kappa shape index (κ1) is 33.4. The molecular formula is C37H37BrN4O5. The van der Waals surface area contributed by atoms with Crippen molar-refractivity contribution >= 4 is 44.6 Å². The van der Waals surface area contributed by atoms with Gasteiger partial charge in [-0.05, 0) is 102 Å². The minimum Gasteiger partial charge on any atom is -0.494 e. The van der Waals surface area contributed by atoms with Crippen LogP contribution in [0.5, 0.6) is 17.2 Å². The summed E-state index contributed by atoms with van der Waals surface area (Å²) in [6, 6.07) is 22.2. The SMILES string of the molecule is CCOc1cc(C)c(-c2nc3ccccc3c(=O)n2N=Cc2cc(OC)c(OCC(=O)Nc3ccccc3C)cc2Br)cc1C(C)C. The number of fused-ring (bicyclic) bond motifs is 1. The molecule has 242 valence electrons. The van der Waals surface area contributed by atoms with Crippen molar-refractivity contribution in [1.29, 1.82) is 0 Å². The van der Waals surface area contributed by atoms with Crippen LogP contribution < -0.4 is 25.1 Å². The fourth-order valence-corrected chi connectivity index (χ4v) is 5.59. The Morgan fingerprint density at radius 3 is 2.45 bits per heavy atom. The van der Waals surface area contributed by atoms with Gasteiger partial charge in [0.15, 0.2) is 23.9 Å². The van der Waals surface area contributed by atoms with Gasteiger partial charge in [-0.3, -0.25) is 9.59 Å². The molecular weight excluding hydrogens is 660 g/mol. The molecule has 0 aliphatic rings. The summed E-state index contributed by atoms with van der Waals surface area (Å²) < 4.78 is 19.3. The van der Waals surface area contributed by atoms with E-state index in [4.69, 9.17) is 19.2 Å². The van der Waals surface area contributed by atoms with Crippen LogP contribution in [0.25, 0.3) is 22.3 Å². The number of methoxy groups -OCH3 is 1. The molecule has 47 heavy (non-hydrogen) atoms. The van der Waals surface area contributed by atoms with E-state index < -0.39 is 0 Å². The molecule has 0 unspecified atom stereocenters. The lowest BCUT2D eigenvalue weighted by Crippen LogP contribution is -2.21. The molecule has 1 heterocycles. The van der Waals surface area contributed by atoms with E-state index in [2.05, 4.69) is 40.2 Å². The number of hydrogen-bond donors (Lipinski definition) is 1. The lowest BCUT2D eigenvalue weighted by atomic mass is 9.96. The Morgan fingerprint density at radius 1 is 0.979 bits per heavy atom. The van der Waals surface area contributed by atoms with Crippen molar-refractivity contribution in [2.45, 2.75) is 40.5 Å². The smallest absolute Gasteiger partial charge is 0.282 e. The number of para-hydroxylation sites is 2. The molecule has 0 saturated heterocycles. The largest absolute Gasteiger partial charge is 0.494 e. The Bertz CT molecular complexity index is 2040. The molecule has 10 heteroatoms. The van der Waals surface area contributed by atoms with Crippen LogP contribution in [-0.2, 0) is 4.79 Å². The van der Waals surface area contributed by atoms with Gasteiger partial charge in [0.2, 0.25) is 0 Å². The van der Waals surface area contributed by atoms with Crippen LogP contribution in [0.1, 0.15) is 48.9 Å². The highest BCUT2D eigenvalue weighted by atomic mass is 79.9. The van der Waals surface area contributed by atoms with Crippen LogP contribution >= 0.6 is 15.9 Å². The highest BCUT2D eigenvalue weighted by Crippen LogP contribution is 2.35. The highest BCUT2D eigenvalue weighted by Gasteiger charge is 2.19. The van der Waals surface area contributed by atoms with E-state index in [1.807, 2.05) is 69.3 Å². The third-order valence-electron chi connectivity index (χ3n) is 7.65. The van der Waals surface area contributed by atoms with Gasteiger partial charge >= 0.3 is 0 Å². The molecule has 0 bridgehead atoms. The second-order valence-corrected chi connectivity index (χ2v) is 12.1. The van der Waals surface area contributed by atoms with Crippen LogP contribution in [0.15, 0.2) is 87.2 Å². The van der Waals surface area contributed by atoms with Crippen LogP contribution in [0, 0.1) is 13.8 Å². The number of benzene rings is 4. The second-order valence-electron chi connectivity index (χ2n) is 11.3. The quantitative estimate of drug-likeness (QED) is 0.141. The van der Waals surface area contributed by atoms with E-state index in [0.717, 1.165) is 33.7 Å². The average molecular weight is 698 g/mol. The normalized spacial score (nSPS) is 11.3. The summed E-state index contributed by atoms with van der Waals surface area (Å²) >= 11 is 3.59. The number of anilines is 1. The third-order valence-corrected chi connectivity index (χ3v) is 8.33. The van der Waals surface area contributed by atoms with Gasteiger partial charge in [0.25, 0.3) is 11.5 Å². The van der Waals surface area contributed by atoms with Crippen molar-refractivity contribution in [2.75, 3.05) is 25.6 Å². The molecule has 0 aliphatic carbocycles. The molecule has 5 aromatic rings. The lowest BCUT2D eigenvalue weighted by Gasteiger charge is -2.18. The molecule has 0 saturated carbocycles. The first-order valence-electron chi connectivity index (χ1n) is 15.3. The van der Waals surface area contributed by atoms with Gasteiger partial charge in [-0.25, -0.2) is 4.98 Å². The number of hydrogen-bond acceptors (Lipinski definition) is 7. The number of carbonyl (C=O) groups is 1. The molecule has 0 fully saturated rings. The predicted molar refractivity (Wildman–Crippen MR) is 190 cm³/mol. The van der Waals surface area contributed by atoms with Gasteiger partial charge in [-0.1, -0.05) is 44.2 Å². The highest BCUT2D eigenvalue weighted by molar-refractivity contribution is 9.10. The average Bonchev–Trinajstić information content (AvgIpc) is 3.05. The van der Waals surface area contributed by atoms with Crippen LogP contribution in [0.2, 0.25) is 0 Å². The molecule has 5 rings (SSSR count). The van der Waals surface area contributed by atoms with Crippen molar-refractivity contribution < 1.29 is 19.0 Å². The summed E-state index contributed by atoms with van der Waals surface area (Å²) in [5.74, 6) is 1.86. The number of ether oxygens (including phenoxy) is 3. The molecule has 0 radical (unpaired) electrons. The zero-order valence-corrected chi connectivity index (χ0v) is 28.8. The molecule has 9 nitrogen and oxygen atoms in total. The van der Waals surface area contributed by atoms with Crippen LogP contribution in [0.4, 0.5) is 5.69 Å². The van der Waals surface area contributed by atoms with Gasteiger partial charge in [0.05, 0.1) is 30.8 Å². The van der Waals surface area contributed by atoms with Gasteiger partial charge in [-0.15, -0.1) is 0 Å². The van der Waals surface area contributed by atoms with E-state index in [1.54, 1.807) is 30.5 Å². The van der Waals surface area contributed by atoms with Crippen LogP contribution in [-0.4, -0.2) is 42.1 Å². The number of nitrogens with zero attached hydrogens (tertiary/aromatic N) is 3. The number of amides is 1. The van der Waals surface area contributed by atoms with E-state index in [9.17, 15) is 9.59 Å². The molecule has 1 N–H and O–H groups in total. The fraction of sp³-hybridized carbons (Fsp3) is 0.243. The summed E-state index contributed by atoms with van der Waals surface area (Å²) in [6.07, 6.45) is 1.57. The first-order chi connectivity index (χ1) is 22.6. The molecule has 1 amide bonds.